The van der Waals surface area contributed by atoms with Crippen LogP contribution in [0, 0.1) is 0 Å². The third kappa shape index (κ3) is 4.39. The summed E-state index contributed by atoms with van der Waals surface area (Å²) in [5, 5.41) is 14.9. The van der Waals surface area contributed by atoms with Crippen LogP contribution in [-0.2, 0) is 5.60 Å². The number of halogens is 7. The SMILES string of the molecule is O=C(NC(=O)c1cc(Cl)cs1)Nc1ccc(C(O)(C(F)(F)F)C(F)(F)F)cc1. The molecule has 152 valence electrons. The van der Waals surface area contributed by atoms with E-state index in [-0.39, 0.29) is 15.6 Å². The van der Waals surface area contributed by atoms with E-state index in [1.54, 1.807) is 0 Å². The number of carbonyl (C=O) groups is 2. The Labute approximate surface area is 161 Å². The first kappa shape index (κ1) is 22.0. The number of thiophene rings is 1. The van der Waals surface area contributed by atoms with E-state index in [1.165, 1.54) is 11.4 Å². The van der Waals surface area contributed by atoms with Gasteiger partial charge in [-0.2, -0.15) is 26.3 Å². The van der Waals surface area contributed by atoms with Crippen LogP contribution in [0.25, 0.3) is 0 Å². The zero-order valence-corrected chi connectivity index (χ0v) is 14.9. The Morgan fingerprint density at radius 1 is 1.00 bits per heavy atom. The second-order valence-electron chi connectivity index (χ2n) is 5.32. The number of alkyl halides is 6. The topological polar surface area (TPSA) is 78.4 Å². The van der Waals surface area contributed by atoms with E-state index in [0.29, 0.717) is 24.3 Å². The van der Waals surface area contributed by atoms with Gasteiger partial charge in [0, 0.05) is 16.6 Å². The minimum absolute atomic E-state index is 0.107. The van der Waals surface area contributed by atoms with Crippen LogP contribution in [0.3, 0.4) is 0 Å². The van der Waals surface area contributed by atoms with Gasteiger partial charge >= 0.3 is 18.4 Å². The van der Waals surface area contributed by atoms with Crippen molar-refractivity contribution in [2.45, 2.75) is 18.0 Å². The average molecular weight is 447 g/mol. The Bertz CT molecular complexity index is 865. The van der Waals surface area contributed by atoms with Crippen LogP contribution in [0.5, 0.6) is 0 Å². The summed E-state index contributed by atoms with van der Waals surface area (Å²) in [6.45, 7) is 0. The van der Waals surface area contributed by atoms with Crippen molar-refractivity contribution >= 4 is 40.6 Å². The average Bonchev–Trinajstić information content (AvgIpc) is 2.99. The molecule has 3 N–H and O–H groups in total. The van der Waals surface area contributed by atoms with Gasteiger partial charge in [-0.15, -0.1) is 11.3 Å². The van der Waals surface area contributed by atoms with Crippen molar-refractivity contribution in [2.75, 3.05) is 5.32 Å². The fourth-order valence-corrected chi connectivity index (χ4v) is 3.01. The highest BCUT2D eigenvalue weighted by Gasteiger charge is 2.71. The third-order valence-corrected chi connectivity index (χ3v) is 4.68. The van der Waals surface area contributed by atoms with Gasteiger partial charge in [0.25, 0.3) is 11.5 Å². The molecule has 1 heterocycles. The summed E-state index contributed by atoms with van der Waals surface area (Å²) < 4.78 is 76.8. The molecule has 1 aromatic carbocycles. The van der Waals surface area contributed by atoms with Gasteiger partial charge in [0.1, 0.15) is 0 Å². The van der Waals surface area contributed by atoms with Crippen molar-refractivity contribution in [3.8, 4) is 0 Å². The van der Waals surface area contributed by atoms with Gasteiger partial charge in [-0.3, -0.25) is 10.1 Å². The quantitative estimate of drug-likeness (QED) is 0.599. The van der Waals surface area contributed by atoms with Gasteiger partial charge in [-0.05, 0) is 18.2 Å². The van der Waals surface area contributed by atoms with E-state index < -0.39 is 35.5 Å². The minimum Gasteiger partial charge on any atom is -0.369 e. The standard InChI is InChI=1S/C15H9ClF6N2O3S/c16-8-5-10(28-6-8)11(25)24-12(26)23-9-3-1-7(2-4-9)13(27,14(17,18)19)15(20,21)22/h1-6,27H,(H2,23,24,25,26). The summed E-state index contributed by atoms with van der Waals surface area (Å²) in [6.07, 6.45) is -12.0. The van der Waals surface area contributed by atoms with Crippen molar-refractivity contribution in [2.24, 2.45) is 0 Å². The van der Waals surface area contributed by atoms with Crippen LogP contribution in [-0.4, -0.2) is 29.4 Å². The molecule has 0 aliphatic carbocycles. The lowest BCUT2D eigenvalue weighted by atomic mass is 9.92. The molecule has 1 aromatic heterocycles. The largest absolute Gasteiger partial charge is 0.430 e. The molecule has 0 radical (unpaired) electrons. The number of aliphatic hydroxyl groups is 1. The lowest BCUT2D eigenvalue weighted by molar-refractivity contribution is -0.376. The summed E-state index contributed by atoms with van der Waals surface area (Å²) >= 11 is 6.59. The van der Waals surface area contributed by atoms with Gasteiger partial charge in [-0.1, -0.05) is 23.7 Å². The number of imide groups is 1. The Morgan fingerprint density at radius 3 is 1.96 bits per heavy atom. The van der Waals surface area contributed by atoms with Crippen LogP contribution in [0.15, 0.2) is 35.7 Å². The van der Waals surface area contributed by atoms with Crippen LogP contribution in [0.1, 0.15) is 15.2 Å². The lowest BCUT2D eigenvalue weighted by Crippen LogP contribution is -2.53. The van der Waals surface area contributed by atoms with E-state index >= 15 is 0 Å². The number of anilines is 1. The molecule has 2 rings (SSSR count). The first-order chi connectivity index (χ1) is 12.8. The Hall–Kier alpha value is -2.31. The molecule has 0 bridgehead atoms. The molecule has 2 aromatic rings. The Balaban J connectivity index is 2.13. The van der Waals surface area contributed by atoms with Crippen LogP contribution in [0.4, 0.5) is 36.8 Å². The van der Waals surface area contributed by atoms with E-state index in [0.717, 1.165) is 11.3 Å². The molecule has 0 unspecified atom stereocenters. The minimum atomic E-state index is -6.02. The molecular formula is C15H9ClF6N2O3S. The maximum absolute atomic E-state index is 12.8. The fourth-order valence-electron chi connectivity index (χ4n) is 2.04. The number of hydrogen-bond donors (Lipinski definition) is 3. The second kappa shape index (κ2) is 7.60. The van der Waals surface area contributed by atoms with Crippen LogP contribution < -0.4 is 10.6 Å². The number of benzene rings is 1. The second-order valence-corrected chi connectivity index (χ2v) is 6.67. The maximum atomic E-state index is 12.8. The maximum Gasteiger partial charge on any atom is 0.430 e. The summed E-state index contributed by atoms with van der Waals surface area (Å²) in [5.41, 5.74) is -6.78. The first-order valence-electron chi connectivity index (χ1n) is 7.08. The molecule has 0 saturated heterocycles. The monoisotopic (exact) mass is 446 g/mol. The van der Waals surface area contributed by atoms with Crippen LogP contribution in [0.2, 0.25) is 5.02 Å². The molecule has 13 heteroatoms. The first-order valence-corrected chi connectivity index (χ1v) is 8.34. The molecule has 0 spiro atoms. The molecule has 5 nitrogen and oxygen atoms in total. The molecule has 0 atom stereocenters. The predicted molar refractivity (Wildman–Crippen MR) is 88.3 cm³/mol. The van der Waals surface area contributed by atoms with Crippen molar-refractivity contribution < 1.29 is 41.0 Å². The van der Waals surface area contributed by atoms with E-state index in [2.05, 4.69) is 5.32 Å². The molecule has 0 fully saturated rings. The highest BCUT2D eigenvalue weighted by Crippen LogP contribution is 2.50. The number of urea groups is 1. The Morgan fingerprint density at radius 2 is 1.54 bits per heavy atom. The Kier molecular flexibility index (Phi) is 5.97. The van der Waals surface area contributed by atoms with Crippen molar-refractivity contribution in [1.82, 2.24) is 5.32 Å². The van der Waals surface area contributed by atoms with Crippen molar-refractivity contribution in [1.29, 1.82) is 0 Å². The number of amides is 3. The van der Waals surface area contributed by atoms with Gasteiger partial charge in [0.2, 0.25) is 0 Å². The van der Waals surface area contributed by atoms with Crippen molar-refractivity contribution in [3.63, 3.8) is 0 Å². The van der Waals surface area contributed by atoms with Gasteiger partial charge in [-0.25, -0.2) is 4.79 Å². The number of nitrogens with one attached hydrogen (secondary N) is 2. The van der Waals surface area contributed by atoms with Gasteiger partial charge in [0.05, 0.1) is 9.90 Å². The smallest absolute Gasteiger partial charge is 0.369 e. The summed E-state index contributed by atoms with van der Waals surface area (Å²) in [5.74, 6) is -0.811. The van der Waals surface area contributed by atoms with E-state index in [4.69, 9.17) is 11.6 Å². The van der Waals surface area contributed by atoms with Gasteiger partial charge < -0.3 is 10.4 Å². The molecule has 0 saturated carbocycles. The molecule has 0 aliphatic heterocycles. The van der Waals surface area contributed by atoms with E-state index in [1.807, 2.05) is 5.32 Å². The van der Waals surface area contributed by atoms with E-state index in [9.17, 15) is 41.0 Å². The number of rotatable bonds is 3. The molecular weight excluding hydrogens is 438 g/mol. The number of carbonyl (C=O) groups excluding carboxylic acids is 2. The summed E-state index contributed by atoms with van der Waals surface area (Å²) in [6, 6.07) is 2.35. The molecule has 3 amide bonds. The number of hydrogen-bond acceptors (Lipinski definition) is 4. The van der Waals surface area contributed by atoms with Crippen LogP contribution >= 0.6 is 22.9 Å². The predicted octanol–water partition coefficient (Wildman–Crippen LogP) is 4.68. The summed E-state index contributed by atoms with van der Waals surface area (Å²) in [4.78, 5) is 23.6. The third-order valence-electron chi connectivity index (χ3n) is 3.40. The molecule has 0 aliphatic rings. The lowest BCUT2D eigenvalue weighted by Gasteiger charge is -2.32. The van der Waals surface area contributed by atoms with Gasteiger partial charge in [0.15, 0.2) is 0 Å². The normalized spacial score (nSPS) is 12.6. The zero-order valence-electron chi connectivity index (χ0n) is 13.3. The molecule has 28 heavy (non-hydrogen) atoms. The fraction of sp³-hybridized carbons (Fsp3) is 0.200. The summed E-state index contributed by atoms with van der Waals surface area (Å²) in [7, 11) is 0. The highest BCUT2D eigenvalue weighted by molar-refractivity contribution is 7.12. The highest BCUT2D eigenvalue weighted by atomic mass is 35.5. The van der Waals surface area contributed by atoms with Crippen molar-refractivity contribution in [3.05, 3.63) is 51.2 Å². The zero-order chi connectivity index (χ0) is 21.3.